The third kappa shape index (κ3) is 3.94. The molecule has 25 heavy (non-hydrogen) atoms. The molecule has 2 N–H and O–H groups in total. The lowest BCUT2D eigenvalue weighted by atomic mass is 9.68. The fourth-order valence-electron chi connectivity index (χ4n) is 5.39. The Morgan fingerprint density at radius 1 is 0.640 bits per heavy atom. The zero-order valence-corrected chi connectivity index (χ0v) is 19.2. The zero-order valence-electron chi connectivity index (χ0n) is 14.8. The van der Waals surface area contributed by atoms with Crippen LogP contribution in [-0.4, -0.2) is 9.97 Å². The van der Waals surface area contributed by atoms with Gasteiger partial charge in [0, 0.05) is 11.8 Å². The van der Waals surface area contributed by atoms with Crippen LogP contribution in [0.15, 0.2) is 37.4 Å². The van der Waals surface area contributed by atoms with Crippen LogP contribution in [0.2, 0.25) is 0 Å². The van der Waals surface area contributed by atoms with E-state index in [0.29, 0.717) is 0 Å². The maximum Gasteiger partial charge on any atom is 0.257 e. The van der Waals surface area contributed by atoms with Crippen molar-refractivity contribution in [3.63, 3.8) is 0 Å². The van der Waals surface area contributed by atoms with E-state index in [1.54, 1.807) is 0 Å². The van der Waals surface area contributed by atoms with Crippen LogP contribution in [0.5, 0.6) is 0 Å². The summed E-state index contributed by atoms with van der Waals surface area (Å²) in [6.45, 7) is 0. The Morgan fingerprint density at radius 3 is 1.36 bits per heavy atom. The molecule has 2 aliphatic carbocycles. The Labute approximate surface area is 185 Å². The van der Waals surface area contributed by atoms with E-state index in [0.717, 1.165) is 11.8 Å². The highest BCUT2D eigenvalue weighted by Gasteiger charge is 2.56. The maximum absolute atomic E-state index is 3.31. The van der Waals surface area contributed by atoms with E-state index in [9.17, 15) is 0 Å². The number of rotatable bonds is 4. The summed E-state index contributed by atoms with van der Waals surface area (Å²) in [7, 11) is 0. The number of imidazole rings is 2. The van der Waals surface area contributed by atoms with Gasteiger partial charge in [0.15, 0.2) is 0 Å². The molecule has 0 aliphatic heterocycles. The summed E-state index contributed by atoms with van der Waals surface area (Å²) < 4.78 is 4.99. The second-order valence-electron chi connectivity index (χ2n) is 7.49. The van der Waals surface area contributed by atoms with Crippen molar-refractivity contribution >= 4 is 0 Å². The molecule has 0 amide bonds. The largest absolute Gasteiger partial charge is 1.00 e. The standard InChI is InChI=1S/C19H28N4.2HI/c1-3-7-17(8-4-1)19(22-13-11-20-15-22,23-14-12-21-16-23)18-9-5-2-6-10-18;;/h11-18H,1-10H2;2*1H. The van der Waals surface area contributed by atoms with Crippen LogP contribution in [0.4, 0.5) is 0 Å². The summed E-state index contributed by atoms with van der Waals surface area (Å²) in [6, 6.07) is 0. The number of nitrogens with one attached hydrogen (secondary N) is 2. The third-order valence-electron chi connectivity index (χ3n) is 6.33. The molecule has 0 spiro atoms. The zero-order chi connectivity index (χ0) is 15.5. The Morgan fingerprint density at radius 2 is 1.04 bits per heavy atom. The van der Waals surface area contributed by atoms with Crippen molar-refractivity contribution in [1.82, 2.24) is 9.97 Å². The Hall–Kier alpha value is -0.120. The molecule has 4 rings (SSSR count). The highest BCUT2D eigenvalue weighted by Crippen LogP contribution is 2.42. The summed E-state index contributed by atoms with van der Waals surface area (Å²) in [5.41, 5.74) is 0.0564. The first-order chi connectivity index (χ1) is 11.4. The van der Waals surface area contributed by atoms with Gasteiger partial charge in [-0.1, -0.05) is 38.5 Å². The fraction of sp³-hybridized carbons (Fsp3) is 0.684. The van der Waals surface area contributed by atoms with E-state index < -0.39 is 0 Å². The number of hydrogen-bond acceptors (Lipinski definition) is 0. The average Bonchev–Trinajstić information content (AvgIpc) is 3.32. The molecule has 0 bridgehead atoms. The predicted octanol–water partition coefficient (Wildman–Crippen LogP) is -2.71. The van der Waals surface area contributed by atoms with Crippen LogP contribution in [0.25, 0.3) is 0 Å². The van der Waals surface area contributed by atoms with Gasteiger partial charge in [-0.25, -0.2) is 0 Å². The van der Waals surface area contributed by atoms with E-state index >= 15 is 0 Å². The van der Waals surface area contributed by atoms with Crippen molar-refractivity contribution < 1.29 is 57.1 Å². The van der Waals surface area contributed by atoms with E-state index in [2.05, 4.69) is 56.5 Å². The second kappa shape index (κ2) is 9.71. The highest BCUT2D eigenvalue weighted by atomic mass is 127. The summed E-state index contributed by atoms with van der Waals surface area (Å²) >= 11 is 0. The highest BCUT2D eigenvalue weighted by molar-refractivity contribution is 4.85. The van der Waals surface area contributed by atoms with E-state index in [1.165, 1.54) is 64.2 Å². The van der Waals surface area contributed by atoms with Crippen LogP contribution < -0.4 is 57.1 Å². The van der Waals surface area contributed by atoms with Crippen molar-refractivity contribution in [2.75, 3.05) is 0 Å². The van der Waals surface area contributed by atoms with E-state index in [-0.39, 0.29) is 53.6 Å². The number of nitrogens with zero attached hydrogens (tertiary/aromatic N) is 2. The number of H-pyrrole nitrogens is 2. The molecule has 2 saturated carbocycles. The average molecular weight is 568 g/mol. The first kappa shape index (κ1) is 21.2. The smallest absolute Gasteiger partial charge is 0.257 e. The molecule has 2 aliphatic rings. The van der Waals surface area contributed by atoms with Gasteiger partial charge in [-0.15, -0.1) is 0 Å². The number of halogens is 2. The van der Waals surface area contributed by atoms with Gasteiger partial charge in [0.1, 0.15) is 24.8 Å². The first-order valence-electron chi connectivity index (χ1n) is 9.51. The van der Waals surface area contributed by atoms with Crippen molar-refractivity contribution in [2.24, 2.45) is 11.8 Å². The number of hydrogen-bond donors (Lipinski definition) is 2. The van der Waals surface area contributed by atoms with Crippen LogP contribution in [0.1, 0.15) is 64.2 Å². The molecule has 140 valence electrons. The molecule has 0 atom stereocenters. The lowest BCUT2D eigenvalue weighted by molar-refractivity contribution is -1.01. The third-order valence-corrected chi connectivity index (χ3v) is 6.33. The molecule has 2 heterocycles. The Balaban J connectivity index is 0.00000113. The SMILES string of the molecule is [I-].[I-].c1c[n+](C(C2CCCCC2)(C2CCCCC2)[n+]2cc[nH]c2)c[nH]1. The van der Waals surface area contributed by atoms with Crippen molar-refractivity contribution in [3.05, 3.63) is 37.4 Å². The minimum Gasteiger partial charge on any atom is -1.00 e. The maximum atomic E-state index is 3.31. The van der Waals surface area contributed by atoms with Crippen LogP contribution >= 0.6 is 0 Å². The quantitative estimate of drug-likeness (QED) is 0.298. The molecule has 0 unspecified atom stereocenters. The van der Waals surface area contributed by atoms with Crippen molar-refractivity contribution in [1.29, 1.82) is 0 Å². The number of aromatic amines is 2. The normalized spacial score (nSPS) is 19.8. The predicted molar refractivity (Wildman–Crippen MR) is 88.5 cm³/mol. The van der Waals surface area contributed by atoms with Crippen molar-refractivity contribution in [2.45, 2.75) is 69.9 Å². The van der Waals surface area contributed by atoms with Gasteiger partial charge in [0.05, 0.1) is 0 Å². The minimum absolute atomic E-state index is 0. The summed E-state index contributed by atoms with van der Waals surface area (Å²) in [4.78, 5) is 6.63. The monoisotopic (exact) mass is 568 g/mol. The lowest BCUT2D eigenvalue weighted by Crippen LogP contribution is -3.00. The first-order valence-corrected chi connectivity index (χ1v) is 9.51. The molecule has 0 radical (unpaired) electrons. The Kier molecular flexibility index (Phi) is 8.23. The van der Waals surface area contributed by atoms with Crippen LogP contribution in [0, 0.1) is 11.8 Å². The van der Waals surface area contributed by atoms with Gasteiger partial charge in [0.25, 0.3) is 5.66 Å². The van der Waals surface area contributed by atoms with Crippen LogP contribution in [0.3, 0.4) is 0 Å². The lowest BCUT2D eigenvalue weighted by Gasteiger charge is -2.43. The number of aromatic nitrogens is 4. The van der Waals surface area contributed by atoms with Gasteiger partial charge in [0.2, 0.25) is 12.7 Å². The van der Waals surface area contributed by atoms with Gasteiger partial charge >= 0.3 is 0 Å². The molecule has 0 saturated heterocycles. The fourth-order valence-corrected chi connectivity index (χ4v) is 5.39. The molecule has 2 aromatic rings. The minimum atomic E-state index is 0. The topological polar surface area (TPSA) is 39.3 Å². The molecular formula is C19H30I2N4. The van der Waals surface area contributed by atoms with Gasteiger partial charge in [-0.05, 0) is 25.7 Å². The second-order valence-corrected chi connectivity index (χ2v) is 7.49. The van der Waals surface area contributed by atoms with Gasteiger partial charge < -0.3 is 48.0 Å². The molecule has 2 aromatic heterocycles. The molecule has 0 aromatic carbocycles. The van der Waals surface area contributed by atoms with E-state index in [4.69, 9.17) is 0 Å². The summed E-state index contributed by atoms with van der Waals surface area (Å²) in [5.74, 6) is 1.45. The van der Waals surface area contributed by atoms with Gasteiger partial charge in [-0.2, -0.15) is 9.13 Å². The molecule has 2 fully saturated rings. The summed E-state index contributed by atoms with van der Waals surface area (Å²) in [6.07, 6.45) is 26.8. The van der Waals surface area contributed by atoms with Crippen molar-refractivity contribution in [3.8, 4) is 0 Å². The molecule has 4 nitrogen and oxygen atoms in total. The van der Waals surface area contributed by atoms with Crippen LogP contribution in [-0.2, 0) is 5.66 Å². The van der Waals surface area contributed by atoms with E-state index in [1.807, 2.05) is 0 Å². The van der Waals surface area contributed by atoms with Gasteiger partial charge in [-0.3, -0.25) is 9.97 Å². The summed E-state index contributed by atoms with van der Waals surface area (Å²) in [5, 5.41) is 0. The molecular weight excluding hydrogens is 538 g/mol. The molecule has 6 heteroatoms. The Bertz CT molecular complexity index is 531.